The minimum atomic E-state index is -1.16. The van der Waals surface area contributed by atoms with E-state index in [1.54, 1.807) is 21.1 Å². The third-order valence-corrected chi connectivity index (χ3v) is 3.89. The molecule has 1 rings (SSSR count). The highest BCUT2D eigenvalue weighted by atomic mass is 16.5. The highest BCUT2D eigenvalue weighted by Crippen LogP contribution is 2.32. The summed E-state index contributed by atoms with van der Waals surface area (Å²) in [5.41, 5.74) is 5.73. The van der Waals surface area contributed by atoms with Crippen LogP contribution in [-0.4, -0.2) is 30.8 Å². The van der Waals surface area contributed by atoms with E-state index in [1.807, 2.05) is 25.1 Å². The fraction of sp³-hybridized carbons (Fsp3) is 0.588. The topological polar surface area (TPSA) is 81.8 Å². The second-order valence-electron chi connectivity index (χ2n) is 6.08. The molecule has 1 aromatic carbocycles. The van der Waals surface area contributed by atoms with Crippen LogP contribution >= 0.6 is 0 Å². The molecule has 124 valence electrons. The maximum Gasteiger partial charge on any atom is 0.323 e. The Kier molecular flexibility index (Phi) is 6.68. The number of nitrogens with two attached hydrogens (primary N) is 1. The van der Waals surface area contributed by atoms with Crippen molar-refractivity contribution >= 4 is 5.97 Å². The number of carboxylic acid groups (broad SMARTS) is 1. The van der Waals surface area contributed by atoms with Gasteiger partial charge >= 0.3 is 5.97 Å². The molecule has 5 nitrogen and oxygen atoms in total. The number of aryl methyl sites for hydroxylation is 1. The van der Waals surface area contributed by atoms with Gasteiger partial charge in [-0.3, -0.25) is 4.79 Å². The number of para-hydroxylation sites is 1. The molecule has 0 saturated heterocycles. The van der Waals surface area contributed by atoms with E-state index in [2.05, 4.69) is 0 Å². The van der Waals surface area contributed by atoms with E-state index in [-0.39, 0.29) is 5.92 Å². The van der Waals surface area contributed by atoms with Crippen molar-refractivity contribution in [1.82, 2.24) is 0 Å². The first-order chi connectivity index (χ1) is 10.3. The maximum atomic E-state index is 11.1. The number of rotatable bonds is 9. The van der Waals surface area contributed by atoms with Gasteiger partial charge in [0.1, 0.15) is 5.54 Å². The van der Waals surface area contributed by atoms with Crippen molar-refractivity contribution in [3.05, 3.63) is 23.8 Å². The molecule has 0 bridgehead atoms. The average Bonchev–Trinajstić information content (AvgIpc) is 2.46. The predicted molar refractivity (Wildman–Crippen MR) is 86.5 cm³/mol. The van der Waals surface area contributed by atoms with Gasteiger partial charge in [-0.05, 0) is 43.7 Å². The van der Waals surface area contributed by atoms with Crippen LogP contribution in [0.25, 0.3) is 0 Å². The van der Waals surface area contributed by atoms with Crippen LogP contribution in [0.5, 0.6) is 11.5 Å². The third kappa shape index (κ3) is 4.91. The van der Waals surface area contributed by atoms with E-state index in [1.165, 1.54) is 0 Å². The number of aliphatic carboxylic acids is 1. The molecule has 1 aromatic rings. The number of ether oxygens (including phenoxy) is 2. The Balaban J connectivity index is 2.56. The molecular weight excluding hydrogens is 282 g/mol. The van der Waals surface area contributed by atoms with Gasteiger partial charge in [0.25, 0.3) is 0 Å². The molecule has 0 aliphatic carbocycles. The van der Waals surface area contributed by atoms with Gasteiger partial charge in [-0.2, -0.15) is 0 Å². The summed E-state index contributed by atoms with van der Waals surface area (Å²) in [7, 11) is 3.26. The summed E-state index contributed by atoms with van der Waals surface area (Å²) in [4.78, 5) is 11.1. The van der Waals surface area contributed by atoms with Crippen LogP contribution in [0.1, 0.15) is 38.7 Å². The van der Waals surface area contributed by atoms with Crippen LogP contribution in [0.2, 0.25) is 0 Å². The molecule has 0 aliphatic heterocycles. The Labute approximate surface area is 132 Å². The molecular formula is C17H27NO4. The van der Waals surface area contributed by atoms with Gasteiger partial charge in [0, 0.05) is 0 Å². The number of hydrogen-bond donors (Lipinski definition) is 2. The molecule has 2 unspecified atom stereocenters. The molecule has 5 heteroatoms. The summed E-state index contributed by atoms with van der Waals surface area (Å²) in [6.07, 6.45) is 3.19. The Morgan fingerprint density at radius 1 is 1.36 bits per heavy atom. The minimum Gasteiger partial charge on any atom is -0.493 e. The molecule has 0 amide bonds. The zero-order chi connectivity index (χ0) is 16.8. The van der Waals surface area contributed by atoms with Crippen molar-refractivity contribution < 1.29 is 19.4 Å². The predicted octanol–water partition coefficient (Wildman–Crippen LogP) is 2.85. The molecule has 0 spiro atoms. The summed E-state index contributed by atoms with van der Waals surface area (Å²) in [5, 5.41) is 9.06. The van der Waals surface area contributed by atoms with Gasteiger partial charge < -0.3 is 20.3 Å². The zero-order valence-electron chi connectivity index (χ0n) is 13.9. The maximum absolute atomic E-state index is 11.1. The van der Waals surface area contributed by atoms with Crippen molar-refractivity contribution in [3.63, 3.8) is 0 Å². The fourth-order valence-corrected chi connectivity index (χ4v) is 2.70. The molecule has 0 radical (unpaired) electrons. The van der Waals surface area contributed by atoms with Crippen molar-refractivity contribution in [1.29, 1.82) is 0 Å². The first-order valence-electron chi connectivity index (χ1n) is 7.54. The van der Waals surface area contributed by atoms with Crippen molar-refractivity contribution in [2.45, 2.75) is 45.1 Å². The van der Waals surface area contributed by atoms with Crippen LogP contribution in [0, 0.1) is 5.92 Å². The number of methoxy groups -OCH3 is 2. The lowest BCUT2D eigenvalue weighted by Gasteiger charge is -2.23. The van der Waals surface area contributed by atoms with Gasteiger partial charge in [0.2, 0.25) is 0 Å². The Morgan fingerprint density at radius 2 is 2.05 bits per heavy atom. The average molecular weight is 309 g/mol. The fourth-order valence-electron chi connectivity index (χ4n) is 2.70. The Morgan fingerprint density at radius 3 is 2.59 bits per heavy atom. The normalized spacial score (nSPS) is 15.0. The van der Waals surface area contributed by atoms with Gasteiger partial charge in [-0.15, -0.1) is 0 Å². The molecule has 3 N–H and O–H groups in total. The number of hydrogen-bond acceptors (Lipinski definition) is 4. The molecule has 22 heavy (non-hydrogen) atoms. The highest BCUT2D eigenvalue weighted by Gasteiger charge is 2.29. The largest absolute Gasteiger partial charge is 0.493 e. The number of carboxylic acids is 1. The Bertz CT molecular complexity index is 499. The van der Waals surface area contributed by atoms with Gasteiger partial charge in [0.15, 0.2) is 11.5 Å². The summed E-state index contributed by atoms with van der Waals surface area (Å²) in [6.45, 7) is 3.60. The van der Waals surface area contributed by atoms with Crippen LogP contribution in [-0.2, 0) is 11.2 Å². The second-order valence-corrected chi connectivity index (χ2v) is 6.08. The van der Waals surface area contributed by atoms with Crippen LogP contribution in [0.4, 0.5) is 0 Å². The smallest absolute Gasteiger partial charge is 0.323 e. The van der Waals surface area contributed by atoms with Crippen LogP contribution in [0.3, 0.4) is 0 Å². The second kappa shape index (κ2) is 8.03. The molecule has 0 saturated carbocycles. The molecule has 0 aliphatic rings. The van der Waals surface area contributed by atoms with E-state index in [0.29, 0.717) is 6.42 Å². The standard InChI is InChI=1S/C17H27NO4/c1-12(11-17(2,18)16(19)20)7-5-8-13-9-6-10-14(21-3)15(13)22-4/h6,9-10,12H,5,7-8,11,18H2,1-4H3,(H,19,20). The molecule has 0 aromatic heterocycles. The monoisotopic (exact) mass is 309 g/mol. The quantitative estimate of drug-likeness (QED) is 0.733. The summed E-state index contributed by atoms with van der Waals surface area (Å²) in [5.74, 6) is 0.803. The SMILES string of the molecule is COc1cccc(CCCC(C)CC(C)(N)C(=O)O)c1OC. The molecule has 0 heterocycles. The van der Waals surface area contributed by atoms with Crippen LogP contribution in [0.15, 0.2) is 18.2 Å². The van der Waals surface area contributed by atoms with E-state index in [0.717, 1.165) is 36.3 Å². The minimum absolute atomic E-state index is 0.253. The lowest BCUT2D eigenvalue weighted by Crippen LogP contribution is -2.46. The lowest BCUT2D eigenvalue weighted by molar-refractivity contribution is -0.143. The molecule has 2 atom stereocenters. The summed E-state index contributed by atoms with van der Waals surface area (Å²) in [6, 6.07) is 5.84. The highest BCUT2D eigenvalue weighted by molar-refractivity contribution is 5.77. The van der Waals surface area contributed by atoms with Crippen LogP contribution < -0.4 is 15.2 Å². The summed E-state index contributed by atoms with van der Waals surface area (Å²) >= 11 is 0. The first kappa shape index (κ1) is 18.3. The molecule has 0 fully saturated rings. The number of carbonyl (C=O) groups is 1. The van der Waals surface area contributed by atoms with Crippen molar-refractivity contribution in [2.24, 2.45) is 11.7 Å². The van der Waals surface area contributed by atoms with E-state index in [4.69, 9.17) is 20.3 Å². The zero-order valence-corrected chi connectivity index (χ0v) is 13.9. The van der Waals surface area contributed by atoms with Gasteiger partial charge in [-0.25, -0.2) is 0 Å². The van der Waals surface area contributed by atoms with E-state index in [9.17, 15) is 4.79 Å². The van der Waals surface area contributed by atoms with Crippen molar-refractivity contribution in [2.75, 3.05) is 14.2 Å². The number of benzene rings is 1. The third-order valence-electron chi connectivity index (χ3n) is 3.89. The van der Waals surface area contributed by atoms with Crippen molar-refractivity contribution in [3.8, 4) is 11.5 Å². The first-order valence-corrected chi connectivity index (χ1v) is 7.54. The van der Waals surface area contributed by atoms with E-state index < -0.39 is 11.5 Å². The summed E-state index contributed by atoms with van der Waals surface area (Å²) < 4.78 is 10.7. The Hall–Kier alpha value is -1.75. The lowest BCUT2D eigenvalue weighted by atomic mass is 9.87. The van der Waals surface area contributed by atoms with Gasteiger partial charge in [-0.1, -0.05) is 25.5 Å². The van der Waals surface area contributed by atoms with Gasteiger partial charge in [0.05, 0.1) is 14.2 Å². The van der Waals surface area contributed by atoms with E-state index >= 15 is 0 Å².